The first-order valence-electron chi connectivity index (χ1n) is 9.37. The van der Waals surface area contributed by atoms with Crippen molar-refractivity contribution in [3.05, 3.63) is 42.7 Å². The van der Waals surface area contributed by atoms with Crippen molar-refractivity contribution in [2.75, 3.05) is 12.3 Å². The van der Waals surface area contributed by atoms with Crippen molar-refractivity contribution in [1.29, 1.82) is 0 Å². The van der Waals surface area contributed by atoms with Crippen LogP contribution in [-0.2, 0) is 18.3 Å². The van der Waals surface area contributed by atoms with Gasteiger partial charge in [-0.3, -0.25) is 14.2 Å². The number of aromatic nitrogens is 2. The highest BCUT2D eigenvalue weighted by molar-refractivity contribution is 7.99. The number of fused-ring (bicyclic) bond motifs is 2. The molecule has 0 saturated heterocycles. The Kier molecular flexibility index (Phi) is 5.37. The zero-order valence-electron chi connectivity index (χ0n) is 16.4. The van der Waals surface area contributed by atoms with E-state index in [-0.39, 0.29) is 17.5 Å². The Labute approximate surface area is 176 Å². The lowest BCUT2D eigenvalue weighted by molar-refractivity contribution is -0.131. The number of nitrogens with zero attached hydrogens (tertiary/aromatic N) is 3. The van der Waals surface area contributed by atoms with E-state index in [4.69, 9.17) is 0 Å². The third-order valence-corrected chi connectivity index (χ3v) is 8.61. The van der Waals surface area contributed by atoms with E-state index in [1.165, 1.54) is 22.2 Å². The summed E-state index contributed by atoms with van der Waals surface area (Å²) >= 11 is 4.69. The van der Waals surface area contributed by atoms with Gasteiger partial charge < -0.3 is 4.90 Å². The van der Waals surface area contributed by atoms with Crippen molar-refractivity contribution in [1.82, 2.24) is 14.5 Å². The van der Waals surface area contributed by atoms with Gasteiger partial charge in [0, 0.05) is 23.3 Å². The molecule has 3 aromatic rings. The van der Waals surface area contributed by atoms with Crippen molar-refractivity contribution in [2.24, 2.45) is 7.05 Å². The zero-order chi connectivity index (χ0) is 20.0. The molecule has 148 valence electrons. The summed E-state index contributed by atoms with van der Waals surface area (Å²) in [4.78, 5) is 35.7. The number of carbonyl (C=O) groups excluding carboxylic acids is 1. The molecular weight excluding hydrogens is 410 g/mol. The minimum Gasteiger partial charge on any atom is -0.335 e. The molecule has 0 N–H and O–H groups in total. The Morgan fingerprint density at radius 2 is 2.18 bits per heavy atom. The largest absolute Gasteiger partial charge is 0.335 e. The lowest BCUT2D eigenvalue weighted by Gasteiger charge is -2.35. The third-order valence-electron chi connectivity index (χ3n) is 5.50. The molecule has 1 aliphatic heterocycles. The van der Waals surface area contributed by atoms with Gasteiger partial charge in [0.1, 0.15) is 4.83 Å². The molecule has 1 unspecified atom stereocenters. The van der Waals surface area contributed by atoms with E-state index in [0.717, 1.165) is 34.7 Å². The summed E-state index contributed by atoms with van der Waals surface area (Å²) in [5.74, 6) is 0.409. The number of aryl methyl sites for hydroxylation is 2. The molecule has 5 nitrogen and oxygen atoms in total. The van der Waals surface area contributed by atoms with Crippen LogP contribution in [0, 0.1) is 13.8 Å². The van der Waals surface area contributed by atoms with E-state index >= 15 is 0 Å². The lowest BCUT2D eigenvalue weighted by Crippen LogP contribution is -2.40. The normalized spacial score (nSPS) is 16.6. The summed E-state index contributed by atoms with van der Waals surface area (Å²) in [6, 6.07) is 2.31. The number of carbonyl (C=O) groups is 1. The maximum atomic E-state index is 13.0. The van der Waals surface area contributed by atoms with Crippen LogP contribution in [0.4, 0.5) is 0 Å². The van der Waals surface area contributed by atoms with Crippen LogP contribution in [0.2, 0.25) is 0 Å². The topological polar surface area (TPSA) is 55.2 Å². The van der Waals surface area contributed by atoms with Gasteiger partial charge in [0.15, 0.2) is 5.16 Å². The SMILES string of the molecule is CCC1c2ccsc2CCN1C(=O)CSc1nc2sc(C)c(C)c2c(=O)n1C. The molecule has 0 aliphatic carbocycles. The first kappa shape index (κ1) is 19.7. The number of thiophene rings is 2. The average Bonchev–Trinajstić information content (AvgIpc) is 3.27. The molecule has 3 aromatic heterocycles. The smallest absolute Gasteiger partial charge is 0.262 e. The molecule has 4 heterocycles. The summed E-state index contributed by atoms with van der Waals surface area (Å²) in [5.41, 5.74) is 2.27. The predicted molar refractivity (Wildman–Crippen MR) is 118 cm³/mol. The monoisotopic (exact) mass is 433 g/mol. The Hall–Kier alpha value is -1.64. The van der Waals surface area contributed by atoms with Gasteiger partial charge in [-0.05, 0) is 49.3 Å². The van der Waals surface area contributed by atoms with Gasteiger partial charge in [-0.25, -0.2) is 4.98 Å². The van der Waals surface area contributed by atoms with Crippen LogP contribution in [0.1, 0.15) is 40.3 Å². The number of rotatable bonds is 4. The van der Waals surface area contributed by atoms with E-state index in [1.807, 2.05) is 18.7 Å². The van der Waals surface area contributed by atoms with E-state index < -0.39 is 0 Å². The molecule has 0 spiro atoms. The van der Waals surface area contributed by atoms with Gasteiger partial charge >= 0.3 is 0 Å². The quantitative estimate of drug-likeness (QED) is 0.455. The fourth-order valence-corrected chi connectivity index (χ4v) is 6.69. The molecule has 1 aliphatic rings. The lowest BCUT2D eigenvalue weighted by atomic mass is 9.98. The molecule has 1 amide bonds. The van der Waals surface area contributed by atoms with Crippen LogP contribution in [0.15, 0.2) is 21.4 Å². The second kappa shape index (κ2) is 7.65. The Bertz CT molecular complexity index is 1110. The predicted octanol–water partition coefficient (Wildman–Crippen LogP) is 4.30. The maximum Gasteiger partial charge on any atom is 0.262 e. The van der Waals surface area contributed by atoms with Gasteiger partial charge in [0.05, 0.1) is 17.2 Å². The van der Waals surface area contributed by atoms with E-state index in [9.17, 15) is 9.59 Å². The van der Waals surface area contributed by atoms with E-state index in [2.05, 4.69) is 23.4 Å². The molecule has 0 fully saturated rings. The molecular formula is C20H23N3O2S3. The molecule has 0 bridgehead atoms. The number of amides is 1. The summed E-state index contributed by atoms with van der Waals surface area (Å²) in [6.45, 7) is 6.87. The second-order valence-electron chi connectivity index (χ2n) is 7.07. The first-order valence-corrected chi connectivity index (χ1v) is 12.1. The highest BCUT2D eigenvalue weighted by Crippen LogP contribution is 2.36. The fourth-order valence-electron chi connectivity index (χ4n) is 3.83. The Morgan fingerprint density at radius 1 is 1.39 bits per heavy atom. The molecule has 1 atom stereocenters. The highest BCUT2D eigenvalue weighted by Gasteiger charge is 2.30. The first-order chi connectivity index (χ1) is 13.4. The van der Waals surface area contributed by atoms with Crippen LogP contribution in [0.3, 0.4) is 0 Å². The minimum atomic E-state index is -0.0332. The highest BCUT2D eigenvalue weighted by atomic mass is 32.2. The summed E-state index contributed by atoms with van der Waals surface area (Å²) in [7, 11) is 1.74. The van der Waals surface area contributed by atoms with E-state index in [1.54, 1.807) is 34.3 Å². The second-order valence-corrected chi connectivity index (χ2v) is 10.2. The molecule has 4 rings (SSSR count). The van der Waals surface area contributed by atoms with Crippen molar-refractivity contribution in [3.63, 3.8) is 0 Å². The number of hydrogen-bond donors (Lipinski definition) is 0. The van der Waals surface area contributed by atoms with Gasteiger partial charge in [-0.2, -0.15) is 0 Å². The van der Waals surface area contributed by atoms with Crippen molar-refractivity contribution in [3.8, 4) is 0 Å². The van der Waals surface area contributed by atoms with Crippen molar-refractivity contribution >= 4 is 50.6 Å². The van der Waals surface area contributed by atoms with Crippen LogP contribution >= 0.6 is 34.4 Å². The molecule has 0 saturated carbocycles. The van der Waals surface area contributed by atoms with E-state index in [0.29, 0.717) is 16.3 Å². The van der Waals surface area contributed by atoms with Gasteiger partial charge in [-0.1, -0.05) is 18.7 Å². The minimum absolute atomic E-state index is 0.0332. The van der Waals surface area contributed by atoms with Crippen LogP contribution in [0.5, 0.6) is 0 Å². The zero-order valence-corrected chi connectivity index (χ0v) is 18.9. The van der Waals surface area contributed by atoms with Crippen LogP contribution < -0.4 is 5.56 Å². The molecule has 28 heavy (non-hydrogen) atoms. The Balaban J connectivity index is 1.56. The fraction of sp³-hybridized carbons (Fsp3) is 0.450. The Morgan fingerprint density at radius 3 is 2.93 bits per heavy atom. The molecule has 0 radical (unpaired) electrons. The molecule has 8 heteroatoms. The van der Waals surface area contributed by atoms with Crippen molar-refractivity contribution < 1.29 is 4.79 Å². The van der Waals surface area contributed by atoms with Gasteiger partial charge in [-0.15, -0.1) is 22.7 Å². The van der Waals surface area contributed by atoms with Crippen LogP contribution in [0.25, 0.3) is 10.2 Å². The van der Waals surface area contributed by atoms with Gasteiger partial charge in [0.2, 0.25) is 5.91 Å². The van der Waals surface area contributed by atoms with Crippen LogP contribution in [-0.4, -0.2) is 32.7 Å². The standard InChI is InChI=1S/C20H23N3O2S3/c1-5-14-13-7-9-26-15(13)6-8-23(14)16(24)10-27-20-21-18-17(19(25)22(20)4)11(2)12(3)28-18/h7,9,14H,5-6,8,10H2,1-4H3. The summed E-state index contributed by atoms with van der Waals surface area (Å²) in [5, 5.41) is 3.43. The average molecular weight is 434 g/mol. The molecule has 0 aromatic carbocycles. The number of hydrogen-bond acceptors (Lipinski definition) is 6. The van der Waals surface area contributed by atoms with Crippen molar-refractivity contribution in [2.45, 2.75) is 44.8 Å². The maximum absolute atomic E-state index is 13.0. The summed E-state index contributed by atoms with van der Waals surface area (Å²) < 4.78 is 1.57. The summed E-state index contributed by atoms with van der Waals surface area (Å²) in [6.07, 6.45) is 1.84. The third kappa shape index (κ3) is 3.21. The number of thioether (sulfide) groups is 1. The van der Waals surface area contributed by atoms with Gasteiger partial charge in [0.25, 0.3) is 5.56 Å².